The van der Waals surface area contributed by atoms with Gasteiger partial charge in [-0.25, -0.2) is 0 Å². The summed E-state index contributed by atoms with van der Waals surface area (Å²) in [6.07, 6.45) is 2.72. The van der Waals surface area contributed by atoms with Gasteiger partial charge in [0.25, 0.3) is 0 Å². The second kappa shape index (κ2) is 6.34. The van der Waals surface area contributed by atoms with Gasteiger partial charge in [-0.15, -0.1) is 0 Å². The van der Waals surface area contributed by atoms with Crippen LogP contribution in [0.3, 0.4) is 0 Å². The predicted octanol–water partition coefficient (Wildman–Crippen LogP) is 3.38. The molecule has 0 fully saturated rings. The molecule has 2 rings (SSSR count). The fourth-order valence-electron chi connectivity index (χ4n) is 1.87. The summed E-state index contributed by atoms with van der Waals surface area (Å²) >= 11 is 0. The first-order chi connectivity index (χ1) is 9.20. The molecule has 3 heteroatoms. The molecule has 0 aliphatic heterocycles. The highest BCUT2D eigenvalue weighted by atomic mass is 16.5. The summed E-state index contributed by atoms with van der Waals surface area (Å²) in [6, 6.07) is 12.0. The van der Waals surface area contributed by atoms with Crippen LogP contribution in [0, 0.1) is 6.92 Å². The maximum Gasteiger partial charge on any atom is 0.130 e. The van der Waals surface area contributed by atoms with Crippen LogP contribution in [0.25, 0.3) is 0 Å². The van der Waals surface area contributed by atoms with Crippen LogP contribution in [0.5, 0.6) is 5.75 Å². The molecule has 2 aromatic rings. The Kier molecular flexibility index (Phi) is 4.53. The molecule has 1 atom stereocenters. The van der Waals surface area contributed by atoms with Crippen molar-refractivity contribution >= 4 is 0 Å². The zero-order valence-corrected chi connectivity index (χ0v) is 11.5. The number of hydrogen-bond donors (Lipinski definition) is 1. The normalized spacial score (nSPS) is 12.2. The molecule has 0 aliphatic carbocycles. The van der Waals surface area contributed by atoms with Gasteiger partial charge in [0.15, 0.2) is 0 Å². The minimum Gasteiger partial charge on any atom is -0.487 e. The Bertz CT molecular complexity index is 523. The van der Waals surface area contributed by atoms with E-state index in [2.05, 4.69) is 11.9 Å². The number of benzene rings is 1. The van der Waals surface area contributed by atoms with Crippen molar-refractivity contribution in [3.8, 4) is 5.75 Å². The molecule has 0 aliphatic rings. The number of aryl methyl sites for hydroxylation is 1. The van der Waals surface area contributed by atoms with E-state index in [4.69, 9.17) is 10.5 Å². The van der Waals surface area contributed by atoms with E-state index in [0.29, 0.717) is 6.61 Å². The van der Waals surface area contributed by atoms with Crippen molar-refractivity contribution in [1.29, 1.82) is 0 Å². The van der Waals surface area contributed by atoms with Crippen molar-refractivity contribution in [1.82, 2.24) is 4.98 Å². The van der Waals surface area contributed by atoms with Crippen molar-refractivity contribution < 1.29 is 4.74 Å². The summed E-state index contributed by atoms with van der Waals surface area (Å²) in [6.45, 7) is 4.61. The van der Waals surface area contributed by atoms with E-state index in [0.717, 1.165) is 29.0 Å². The molecule has 1 aromatic carbocycles. The van der Waals surface area contributed by atoms with E-state index >= 15 is 0 Å². The number of aromatic nitrogens is 1. The number of nitrogens with zero attached hydrogens (tertiary/aromatic N) is 1. The lowest BCUT2D eigenvalue weighted by atomic mass is 10.1. The van der Waals surface area contributed by atoms with Crippen molar-refractivity contribution in [2.24, 2.45) is 5.73 Å². The van der Waals surface area contributed by atoms with Crippen molar-refractivity contribution in [2.75, 3.05) is 0 Å². The third kappa shape index (κ3) is 3.55. The highest BCUT2D eigenvalue weighted by molar-refractivity contribution is 5.29. The second-order valence-electron chi connectivity index (χ2n) is 4.64. The molecule has 0 saturated heterocycles. The fraction of sp³-hybridized carbons (Fsp3) is 0.312. The van der Waals surface area contributed by atoms with E-state index in [1.165, 1.54) is 0 Å². The second-order valence-corrected chi connectivity index (χ2v) is 4.64. The number of nitrogens with two attached hydrogens (primary N) is 1. The monoisotopic (exact) mass is 256 g/mol. The first-order valence-electron chi connectivity index (χ1n) is 6.59. The Balaban J connectivity index is 1.99. The largest absolute Gasteiger partial charge is 0.487 e. The average Bonchev–Trinajstić information content (AvgIpc) is 2.46. The summed E-state index contributed by atoms with van der Waals surface area (Å²) < 4.78 is 5.74. The van der Waals surface area contributed by atoms with Crippen LogP contribution in [0.15, 0.2) is 42.6 Å². The van der Waals surface area contributed by atoms with E-state index in [9.17, 15) is 0 Å². The zero-order chi connectivity index (χ0) is 13.7. The molecule has 1 heterocycles. The molecule has 0 amide bonds. The van der Waals surface area contributed by atoms with Crippen LogP contribution in [0.1, 0.15) is 36.2 Å². The number of ether oxygens (including phenoxy) is 1. The minimum absolute atomic E-state index is 0.104. The van der Waals surface area contributed by atoms with Crippen LogP contribution in [-0.4, -0.2) is 4.98 Å². The first-order valence-corrected chi connectivity index (χ1v) is 6.59. The molecular weight excluding hydrogens is 236 g/mol. The molecule has 0 saturated carbocycles. The highest BCUT2D eigenvalue weighted by Crippen LogP contribution is 2.19. The molecule has 19 heavy (non-hydrogen) atoms. The van der Waals surface area contributed by atoms with Gasteiger partial charge in [0.1, 0.15) is 12.4 Å². The molecule has 0 bridgehead atoms. The topological polar surface area (TPSA) is 48.1 Å². The quantitative estimate of drug-likeness (QED) is 0.892. The lowest BCUT2D eigenvalue weighted by molar-refractivity contribution is 0.300. The summed E-state index contributed by atoms with van der Waals surface area (Å²) in [5.74, 6) is 0.845. The fourth-order valence-corrected chi connectivity index (χ4v) is 1.87. The molecule has 2 N–H and O–H groups in total. The molecule has 1 aromatic heterocycles. The lowest BCUT2D eigenvalue weighted by Crippen LogP contribution is -2.08. The maximum atomic E-state index is 5.98. The Morgan fingerprint density at radius 1 is 1.21 bits per heavy atom. The number of rotatable bonds is 5. The van der Waals surface area contributed by atoms with Crippen molar-refractivity contribution in [3.63, 3.8) is 0 Å². The van der Waals surface area contributed by atoms with E-state index in [1.54, 1.807) is 6.20 Å². The van der Waals surface area contributed by atoms with Gasteiger partial charge in [0.05, 0.1) is 5.69 Å². The molecule has 0 radical (unpaired) electrons. The number of hydrogen-bond acceptors (Lipinski definition) is 3. The zero-order valence-electron chi connectivity index (χ0n) is 11.5. The van der Waals surface area contributed by atoms with Crippen LogP contribution in [-0.2, 0) is 6.61 Å². The summed E-state index contributed by atoms with van der Waals surface area (Å²) in [7, 11) is 0. The maximum absolute atomic E-state index is 5.98. The molecule has 0 unspecified atom stereocenters. The first kappa shape index (κ1) is 13.6. The van der Waals surface area contributed by atoms with Crippen LogP contribution < -0.4 is 10.5 Å². The van der Waals surface area contributed by atoms with E-state index in [1.807, 2.05) is 43.3 Å². The van der Waals surface area contributed by atoms with Crippen LogP contribution >= 0.6 is 0 Å². The van der Waals surface area contributed by atoms with E-state index < -0.39 is 0 Å². The summed E-state index contributed by atoms with van der Waals surface area (Å²) in [4.78, 5) is 4.31. The summed E-state index contributed by atoms with van der Waals surface area (Å²) in [5, 5.41) is 0. The SMILES string of the molecule is CC[C@H](N)c1ccc(OCc2ncccc2C)cc1. The Morgan fingerprint density at radius 3 is 2.58 bits per heavy atom. The lowest BCUT2D eigenvalue weighted by Gasteiger charge is -2.11. The van der Waals surface area contributed by atoms with Crippen molar-refractivity contribution in [3.05, 3.63) is 59.4 Å². The van der Waals surface area contributed by atoms with Gasteiger partial charge in [-0.2, -0.15) is 0 Å². The van der Waals surface area contributed by atoms with Gasteiger partial charge in [-0.05, 0) is 42.7 Å². The van der Waals surface area contributed by atoms with Gasteiger partial charge in [0.2, 0.25) is 0 Å². The Labute approximate surface area is 114 Å². The Hall–Kier alpha value is -1.87. The van der Waals surface area contributed by atoms with Crippen molar-refractivity contribution in [2.45, 2.75) is 32.9 Å². The standard InChI is InChI=1S/C16H20N2O/c1-3-15(17)13-6-8-14(9-7-13)19-11-16-12(2)5-4-10-18-16/h4-10,15H,3,11,17H2,1-2H3/t15-/m0/s1. The molecule has 0 spiro atoms. The van der Waals surface area contributed by atoms with Gasteiger partial charge >= 0.3 is 0 Å². The third-order valence-corrected chi connectivity index (χ3v) is 3.24. The molecule has 100 valence electrons. The van der Waals surface area contributed by atoms with Crippen LogP contribution in [0.4, 0.5) is 0 Å². The highest BCUT2D eigenvalue weighted by Gasteiger charge is 2.04. The van der Waals surface area contributed by atoms with Gasteiger partial charge in [-0.1, -0.05) is 25.1 Å². The smallest absolute Gasteiger partial charge is 0.130 e. The molecular formula is C16H20N2O. The molecule has 3 nitrogen and oxygen atoms in total. The van der Waals surface area contributed by atoms with Gasteiger partial charge in [-0.3, -0.25) is 4.98 Å². The summed E-state index contributed by atoms with van der Waals surface area (Å²) in [5.41, 5.74) is 9.24. The van der Waals surface area contributed by atoms with Crippen LogP contribution in [0.2, 0.25) is 0 Å². The third-order valence-electron chi connectivity index (χ3n) is 3.24. The van der Waals surface area contributed by atoms with Gasteiger partial charge < -0.3 is 10.5 Å². The van der Waals surface area contributed by atoms with Gasteiger partial charge in [0, 0.05) is 12.2 Å². The number of pyridine rings is 1. The van der Waals surface area contributed by atoms with E-state index in [-0.39, 0.29) is 6.04 Å². The Morgan fingerprint density at radius 2 is 1.95 bits per heavy atom. The minimum atomic E-state index is 0.104. The predicted molar refractivity (Wildman–Crippen MR) is 77.0 cm³/mol. The average molecular weight is 256 g/mol.